The van der Waals surface area contributed by atoms with Gasteiger partial charge in [-0.25, -0.2) is 0 Å². The van der Waals surface area contributed by atoms with Gasteiger partial charge >= 0.3 is 0 Å². The number of hydrogen-bond acceptors (Lipinski definition) is 3. The van der Waals surface area contributed by atoms with E-state index < -0.39 is 0 Å². The summed E-state index contributed by atoms with van der Waals surface area (Å²) < 4.78 is 0. The summed E-state index contributed by atoms with van der Waals surface area (Å²) in [5, 5.41) is 0.420. The van der Waals surface area contributed by atoms with Crippen molar-refractivity contribution in [3.63, 3.8) is 0 Å². The van der Waals surface area contributed by atoms with E-state index in [1.165, 1.54) is 7.11 Å². The number of rotatable bonds is 4. The van der Waals surface area contributed by atoms with E-state index in [9.17, 15) is 0 Å². The van der Waals surface area contributed by atoms with Crippen molar-refractivity contribution in [2.45, 2.75) is 0 Å². The van der Waals surface area contributed by atoms with Gasteiger partial charge < -0.3 is 0 Å². The summed E-state index contributed by atoms with van der Waals surface area (Å²) in [6, 6.07) is 0. The lowest BCUT2D eigenvalue weighted by Gasteiger charge is -1.99. The third-order valence-electron chi connectivity index (χ3n) is 0.869. The van der Waals surface area contributed by atoms with Crippen LogP contribution in [0.2, 0.25) is 0 Å². The Morgan fingerprint density at radius 2 is 2.27 bits per heavy atom. The van der Waals surface area contributed by atoms with Crippen molar-refractivity contribution in [1.82, 2.24) is 5.48 Å². The molecule has 0 rings (SSSR count). The van der Waals surface area contributed by atoms with Gasteiger partial charge in [0.1, 0.15) is 5.17 Å². The molecule has 11 heavy (non-hydrogen) atoms. The minimum atomic E-state index is 0.420. The highest BCUT2D eigenvalue weighted by Crippen LogP contribution is 1.91. The van der Waals surface area contributed by atoms with Crippen LogP contribution in [-0.4, -0.2) is 19.3 Å². The molecule has 0 fully saturated rings. The van der Waals surface area contributed by atoms with Crippen LogP contribution in [0.5, 0.6) is 0 Å². The summed E-state index contributed by atoms with van der Waals surface area (Å²) in [4.78, 5) is 8.29. The third-order valence-corrected chi connectivity index (χ3v) is 1.16. The molecule has 0 saturated carbocycles. The van der Waals surface area contributed by atoms with E-state index in [2.05, 4.69) is 21.9 Å². The quantitative estimate of drug-likeness (QED) is 0.398. The second-order valence-electron chi connectivity index (χ2n) is 1.71. The van der Waals surface area contributed by atoms with Crippen molar-refractivity contribution in [2.75, 3.05) is 14.2 Å². The van der Waals surface area contributed by atoms with Gasteiger partial charge in [-0.3, -0.25) is 15.3 Å². The Labute approximate surface area is 71.4 Å². The zero-order valence-electron chi connectivity index (χ0n) is 6.60. The van der Waals surface area contributed by atoms with Crippen LogP contribution in [0.15, 0.2) is 29.4 Å². The molecule has 0 bridgehead atoms. The largest absolute Gasteiger partial charge is 0.279 e. The number of hydroxylamine groups is 1. The summed E-state index contributed by atoms with van der Waals surface area (Å²) in [6.07, 6.45) is 3.29. The number of halogens is 1. The summed E-state index contributed by atoms with van der Waals surface area (Å²) in [5.41, 5.74) is 3.15. The minimum absolute atomic E-state index is 0.420. The summed E-state index contributed by atoms with van der Waals surface area (Å²) in [6.45, 7) is 3.61. The Balaban J connectivity index is 3.83. The highest BCUT2D eigenvalue weighted by Gasteiger charge is 1.85. The summed E-state index contributed by atoms with van der Waals surface area (Å²) in [5.74, 6) is 0. The van der Waals surface area contributed by atoms with Crippen LogP contribution in [0.25, 0.3) is 0 Å². The first-order valence-electron chi connectivity index (χ1n) is 2.99. The Morgan fingerprint density at radius 1 is 1.64 bits per heavy atom. The molecule has 0 unspecified atom stereocenters. The lowest BCUT2D eigenvalue weighted by Crippen LogP contribution is -2.07. The SMILES string of the molecule is C=C(/C=C\C(Cl)=N/C)NOC. The molecule has 0 amide bonds. The van der Waals surface area contributed by atoms with E-state index in [-0.39, 0.29) is 0 Å². The van der Waals surface area contributed by atoms with Crippen LogP contribution in [0.1, 0.15) is 0 Å². The second kappa shape index (κ2) is 5.95. The Bertz CT molecular complexity index is 187. The maximum absolute atomic E-state index is 5.56. The molecule has 0 atom stereocenters. The van der Waals surface area contributed by atoms with Crippen molar-refractivity contribution in [3.8, 4) is 0 Å². The average molecular weight is 175 g/mol. The Hall–Kier alpha value is -0.800. The highest BCUT2D eigenvalue weighted by molar-refractivity contribution is 6.68. The smallest absolute Gasteiger partial charge is 0.123 e. The van der Waals surface area contributed by atoms with Crippen LogP contribution < -0.4 is 5.48 Å². The fourth-order valence-electron chi connectivity index (χ4n) is 0.409. The standard InChI is InChI=1S/C7H11ClN2O/c1-6(10-11-3)4-5-7(8)9-2/h4-5,10H,1H2,2-3H3/b5-4-,9-7+. The van der Waals surface area contributed by atoms with E-state index in [4.69, 9.17) is 11.6 Å². The van der Waals surface area contributed by atoms with Crippen LogP contribution >= 0.6 is 11.6 Å². The second-order valence-corrected chi connectivity index (χ2v) is 2.10. The van der Waals surface area contributed by atoms with E-state index in [0.29, 0.717) is 10.9 Å². The fraction of sp³-hybridized carbons (Fsp3) is 0.286. The zero-order chi connectivity index (χ0) is 8.69. The molecule has 62 valence electrons. The first kappa shape index (κ1) is 10.2. The number of hydrogen-bond donors (Lipinski definition) is 1. The summed E-state index contributed by atoms with van der Waals surface area (Å²) in [7, 11) is 3.12. The maximum atomic E-state index is 5.56. The molecular weight excluding hydrogens is 164 g/mol. The molecular formula is C7H11ClN2O. The molecule has 0 spiro atoms. The van der Waals surface area contributed by atoms with E-state index in [1.54, 1.807) is 19.2 Å². The van der Waals surface area contributed by atoms with Gasteiger partial charge in [-0.15, -0.1) is 0 Å². The van der Waals surface area contributed by atoms with Crippen molar-refractivity contribution in [3.05, 3.63) is 24.4 Å². The molecule has 0 aliphatic rings. The molecule has 0 aliphatic heterocycles. The molecule has 1 N–H and O–H groups in total. The van der Waals surface area contributed by atoms with E-state index in [1.807, 2.05) is 0 Å². The van der Waals surface area contributed by atoms with Crippen LogP contribution in [0.4, 0.5) is 0 Å². The molecule has 3 nitrogen and oxygen atoms in total. The lowest BCUT2D eigenvalue weighted by molar-refractivity contribution is 0.121. The molecule has 0 aliphatic carbocycles. The Morgan fingerprint density at radius 3 is 2.73 bits per heavy atom. The minimum Gasteiger partial charge on any atom is -0.279 e. The van der Waals surface area contributed by atoms with E-state index >= 15 is 0 Å². The summed E-state index contributed by atoms with van der Waals surface area (Å²) >= 11 is 5.56. The maximum Gasteiger partial charge on any atom is 0.123 e. The molecule has 0 heterocycles. The Kier molecular flexibility index (Phi) is 5.51. The molecule has 0 aromatic heterocycles. The zero-order valence-corrected chi connectivity index (χ0v) is 7.35. The number of nitrogens with one attached hydrogen (secondary N) is 1. The average Bonchev–Trinajstić information content (AvgIpc) is 2.01. The number of aliphatic imine (C=N–C) groups is 1. The van der Waals surface area contributed by atoms with Crippen molar-refractivity contribution < 1.29 is 4.84 Å². The van der Waals surface area contributed by atoms with Gasteiger partial charge in [-0.2, -0.15) is 0 Å². The predicted molar refractivity (Wildman–Crippen MR) is 47.6 cm³/mol. The van der Waals surface area contributed by atoms with Gasteiger partial charge in [-0.05, 0) is 12.2 Å². The van der Waals surface area contributed by atoms with E-state index in [0.717, 1.165) is 0 Å². The topological polar surface area (TPSA) is 33.6 Å². The molecule has 0 aromatic carbocycles. The number of allylic oxidation sites excluding steroid dienone is 2. The predicted octanol–water partition coefficient (Wildman–Crippen LogP) is 1.47. The monoisotopic (exact) mass is 174 g/mol. The van der Waals surface area contributed by atoms with Crippen LogP contribution in [0, 0.1) is 0 Å². The first-order valence-corrected chi connectivity index (χ1v) is 3.36. The molecule has 0 radical (unpaired) electrons. The van der Waals surface area contributed by atoms with Crippen molar-refractivity contribution >= 4 is 16.8 Å². The first-order chi connectivity index (χ1) is 5.20. The van der Waals surface area contributed by atoms with Crippen molar-refractivity contribution in [2.24, 2.45) is 4.99 Å². The van der Waals surface area contributed by atoms with Gasteiger partial charge in [0.25, 0.3) is 0 Å². The highest BCUT2D eigenvalue weighted by atomic mass is 35.5. The van der Waals surface area contributed by atoms with Crippen molar-refractivity contribution in [1.29, 1.82) is 0 Å². The van der Waals surface area contributed by atoms with Gasteiger partial charge in [0, 0.05) is 7.05 Å². The van der Waals surface area contributed by atoms with Gasteiger partial charge in [0.15, 0.2) is 0 Å². The van der Waals surface area contributed by atoms with Gasteiger partial charge in [0.05, 0.1) is 12.8 Å². The van der Waals surface area contributed by atoms with Gasteiger partial charge in [0.2, 0.25) is 0 Å². The molecule has 0 saturated heterocycles. The molecule has 0 aromatic rings. The van der Waals surface area contributed by atoms with Crippen LogP contribution in [0.3, 0.4) is 0 Å². The third kappa shape index (κ3) is 5.63. The normalized spacial score (nSPS) is 12.1. The van der Waals surface area contributed by atoms with Crippen LogP contribution in [-0.2, 0) is 4.84 Å². The number of nitrogens with zero attached hydrogens (tertiary/aromatic N) is 1. The fourth-order valence-corrected chi connectivity index (χ4v) is 0.472. The van der Waals surface area contributed by atoms with Gasteiger partial charge in [-0.1, -0.05) is 18.2 Å². The molecule has 4 heteroatoms. The lowest BCUT2D eigenvalue weighted by atomic mass is 10.4.